The lowest BCUT2D eigenvalue weighted by molar-refractivity contribution is -0.148. The van der Waals surface area contributed by atoms with Gasteiger partial charge in [0.2, 0.25) is 0 Å². The SMILES string of the molecule is COC(=O)C1C([C@H](NC(=O)OC(C)(C)C)C(=O)O)[C@H]1C(=O)OC. The first-order valence-electron chi connectivity index (χ1n) is 6.91. The third kappa shape index (κ3) is 4.57. The van der Waals surface area contributed by atoms with Crippen molar-refractivity contribution in [3.8, 4) is 0 Å². The zero-order valence-corrected chi connectivity index (χ0v) is 13.6. The predicted molar refractivity (Wildman–Crippen MR) is 75.3 cm³/mol. The number of carbonyl (C=O) groups is 4. The van der Waals surface area contributed by atoms with E-state index in [2.05, 4.69) is 14.8 Å². The molecule has 1 amide bonds. The van der Waals surface area contributed by atoms with Gasteiger partial charge in [0, 0.05) is 5.92 Å². The van der Waals surface area contributed by atoms with Crippen molar-refractivity contribution in [1.29, 1.82) is 0 Å². The van der Waals surface area contributed by atoms with Crippen molar-refractivity contribution in [2.45, 2.75) is 32.4 Å². The molecule has 2 unspecified atom stereocenters. The molecular formula is C14H21NO8. The fourth-order valence-corrected chi connectivity index (χ4v) is 2.39. The minimum absolute atomic E-state index is 0.734. The van der Waals surface area contributed by atoms with Crippen LogP contribution in [0.25, 0.3) is 0 Å². The van der Waals surface area contributed by atoms with Gasteiger partial charge in [-0.3, -0.25) is 9.59 Å². The van der Waals surface area contributed by atoms with Gasteiger partial charge in [0.05, 0.1) is 26.1 Å². The van der Waals surface area contributed by atoms with Gasteiger partial charge >= 0.3 is 24.0 Å². The van der Waals surface area contributed by atoms with Crippen molar-refractivity contribution in [2.75, 3.05) is 14.2 Å². The van der Waals surface area contributed by atoms with Crippen LogP contribution in [0.4, 0.5) is 4.79 Å². The van der Waals surface area contributed by atoms with E-state index in [4.69, 9.17) is 4.74 Å². The Balaban J connectivity index is 2.92. The molecule has 0 radical (unpaired) electrons. The molecule has 9 nitrogen and oxygen atoms in total. The molecule has 4 atom stereocenters. The number of esters is 2. The molecule has 1 aliphatic rings. The number of carboxylic acid groups (broad SMARTS) is 1. The highest BCUT2D eigenvalue weighted by molar-refractivity contribution is 5.92. The Hall–Kier alpha value is -2.32. The molecule has 0 aromatic rings. The standard InChI is InChI=1S/C14H21NO8/c1-14(2,3)23-13(20)15-9(10(16)17)6-7(11(18)21-4)8(6)12(19)22-5/h6-9H,1-5H3,(H,15,20)(H,16,17)/t6?,7-,8?,9+/m1/s1. The lowest BCUT2D eigenvalue weighted by Gasteiger charge is -2.22. The maximum atomic E-state index is 11.8. The van der Waals surface area contributed by atoms with Gasteiger partial charge in [0.1, 0.15) is 11.6 Å². The van der Waals surface area contributed by atoms with Crippen molar-refractivity contribution in [1.82, 2.24) is 5.32 Å². The minimum atomic E-state index is -1.47. The molecular weight excluding hydrogens is 310 g/mol. The molecule has 0 bridgehead atoms. The summed E-state index contributed by atoms with van der Waals surface area (Å²) < 4.78 is 14.1. The lowest BCUT2D eigenvalue weighted by Crippen LogP contribution is -2.45. The summed E-state index contributed by atoms with van der Waals surface area (Å²) in [5, 5.41) is 11.5. The fraction of sp³-hybridized carbons (Fsp3) is 0.714. The molecule has 0 aromatic heterocycles. The molecule has 130 valence electrons. The molecule has 1 fully saturated rings. The average Bonchev–Trinajstić information content (AvgIpc) is 3.15. The van der Waals surface area contributed by atoms with E-state index in [0.29, 0.717) is 0 Å². The molecule has 9 heteroatoms. The number of ether oxygens (including phenoxy) is 3. The highest BCUT2D eigenvalue weighted by Gasteiger charge is 2.65. The van der Waals surface area contributed by atoms with E-state index in [1.807, 2.05) is 0 Å². The molecule has 23 heavy (non-hydrogen) atoms. The van der Waals surface area contributed by atoms with Gasteiger partial charge in [-0.25, -0.2) is 9.59 Å². The highest BCUT2D eigenvalue weighted by Crippen LogP contribution is 2.50. The zero-order chi connectivity index (χ0) is 17.9. The number of carboxylic acids is 1. The summed E-state index contributed by atoms with van der Waals surface area (Å²) in [7, 11) is 2.26. The van der Waals surface area contributed by atoms with Gasteiger partial charge in [-0.2, -0.15) is 0 Å². The Kier molecular flexibility index (Phi) is 5.57. The zero-order valence-electron chi connectivity index (χ0n) is 13.6. The summed E-state index contributed by atoms with van der Waals surface area (Å²) in [5.41, 5.74) is -0.819. The maximum absolute atomic E-state index is 11.8. The molecule has 0 aromatic carbocycles. The van der Waals surface area contributed by atoms with Crippen molar-refractivity contribution < 1.29 is 38.5 Å². The van der Waals surface area contributed by atoms with Crippen LogP contribution in [-0.4, -0.2) is 55.0 Å². The average molecular weight is 331 g/mol. The molecule has 0 saturated heterocycles. The molecule has 2 N–H and O–H groups in total. The van der Waals surface area contributed by atoms with E-state index in [9.17, 15) is 24.3 Å². The summed E-state index contributed by atoms with van der Waals surface area (Å²) in [4.78, 5) is 46.6. The first kappa shape index (κ1) is 18.7. The van der Waals surface area contributed by atoms with Crippen LogP contribution >= 0.6 is 0 Å². The number of aliphatic carboxylic acids is 1. The molecule has 0 spiro atoms. The summed E-state index contributed by atoms with van der Waals surface area (Å²) in [5.74, 6) is -5.78. The molecule has 0 aliphatic heterocycles. The molecule has 1 rings (SSSR count). The van der Waals surface area contributed by atoms with Crippen LogP contribution < -0.4 is 5.32 Å². The normalized spacial score (nSPS) is 24.1. The van der Waals surface area contributed by atoms with E-state index in [1.54, 1.807) is 20.8 Å². The summed E-state index contributed by atoms with van der Waals surface area (Å²) >= 11 is 0. The van der Waals surface area contributed by atoms with Crippen LogP contribution in [0.3, 0.4) is 0 Å². The van der Waals surface area contributed by atoms with Crippen LogP contribution in [0, 0.1) is 17.8 Å². The van der Waals surface area contributed by atoms with E-state index in [1.165, 1.54) is 0 Å². The summed E-state index contributed by atoms with van der Waals surface area (Å²) in [6.07, 6.45) is -0.955. The second-order valence-corrected chi connectivity index (χ2v) is 6.14. The quantitative estimate of drug-likeness (QED) is 0.539. The number of amides is 1. The van der Waals surface area contributed by atoms with E-state index < -0.39 is 53.4 Å². The molecule has 1 aliphatic carbocycles. The van der Waals surface area contributed by atoms with Gasteiger partial charge in [0.25, 0.3) is 0 Å². The first-order valence-corrected chi connectivity index (χ1v) is 6.91. The van der Waals surface area contributed by atoms with Crippen molar-refractivity contribution in [2.24, 2.45) is 17.8 Å². The minimum Gasteiger partial charge on any atom is -0.480 e. The Morgan fingerprint density at radius 1 is 1.00 bits per heavy atom. The monoisotopic (exact) mass is 331 g/mol. The number of methoxy groups -OCH3 is 2. The van der Waals surface area contributed by atoms with Crippen LogP contribution in [-0.2, 0) is 28.6 Å². The van der Waals surface area contributed by atoms with E-state index >= 15 is 0 Å². The number of carbonyl (C=O) groups excluding carboxylic acids is 3. The Labute approximate surface area is 133 Å². The largest absolute Gasteiger partial charge is 0.480 e. The fourth-order valence-electron chi connectivity index (χ4n) is 2.39. The van der Waals surface area contributed by atoms with Gasteiger partial charge in [-0.15, -0.1) is 0 Å². The number of alkyl carbamates (subject to hydrolysis) is 1. The van der Waals surface area contributed by atoms with Gasteiger partial charge in [-0.1, -0.05) is 0 Å². The Morgan fingerprint density at radius 2 is 1.43 bits per heavy atom. The Bertz CT molecular complexity index is 487. The van der Waals surface area contributed by atoms with E-state index in [-0.39, 0.29) is 0 Å². The number of rotatable bonds is 5. The second kappa shape index (κ2) is 6.84. The maximum Gasteiger partial charge on any atom is 0.408 e. The lowest BCUT2D eigenvalue weighted by atomic mass is 10.1. The van der Waals surface area contributed by atoms with Crippen LogP contribution in [0.2, 0.25) is 0 Å². The van der Waals surface area contributed by atoms with Gasteiger partial charge in [0.15, 0.2) is 0 Å². The van der Waals surface area contributed by atoms with Crippen LogP contribution in [0.15, 0.2) is 0 Å². The predicted octanol–water partition coefficient (Wildman–Crippen LogP) is 0.173. The third-order valence-electron chi connectivity index (χ3n) is 3.35. The smallest absolute Gasteiger partial charge is 0.408 e. The van der Waals surface area contributed by atoms with Crippen LogP contribution in [0.5, 0.6) is 0 Å². The highest BCUT2D eigenvalue weighted by atomic mass is 16.6. The summed E-state index contributed by atoms with van der Waals surface area (Å²) in [6.45, 7) is 4.86. The number of hydrogen-bond acceptors (Lipinski definition) is 7. The molecule has 1 saturated carbocycles. The summed E-state index contributed by atoms with van der Waals surface area (Å²) in [6, 6.07) is -1.47. The molecule has 0 heterocycles. The number of hydrogen-bond donors (Lipinski definition) is 2. The van der Waals surface area contributed by atoms with Crippen LogP contribution in [0.1, 0.15) is 20.8 Å². The third-order valence-corrected chi connectivity index (χ3v) is 3.35. The topological polar surface area (TPSA) is 128 Å². The van der Waals surface area contributed by atoms with Gasteiger partial charge in [-0.05, 0) is 20.8 Å². The number of nitrogens with one attached hydrogen (secondary N) is 1. The second-order valence-electron chi connectivity index (χ2n) is 6.14. The van der Waals surface area contributed by atoms with Crippen molar-refractivity contribution >= 4 is 24.0 Å². The van der Waals surface area contributed by atoms with E-state index in [0.717, 1.165) is 14.2 Å². The Morgan fingerprint density at radius 3 is 1.74 bits per heavy atom. The van der Waals surface area contributed by atoms with Crippen molar-refractivity contribution in [3.63, 3.8) is 0 Å². The van der Waals surface area contributed by atoms with Gasteiger partial charge < -0.3 is 24.6 Å². The first-order chi connectivity index (χ1) is 10.5. The van der Waals surface area contributed by atoms with Crippen molar-refractivity contribution in [3.05, 3.63) is 0 Å².